The van der Waals surface area contributed by atoms with Crippen LogP contribution in [-0.4, -0.2) is 4.57 Å². The van der Waals surface area contributed by atoms with E-state index in [1.807, 2.05) is 22.7 Å². The van der Waals surface area contributed by atoms with Gasteiger partial charge in [0.15, 0.2) is 0 Å². The van der Waals surface area contributed by atoms with Gasteiger partial charge in [0.25, 0.3) is 0 Å². The fourth-order valence-electron chi connectivity index (χ4n) is 9.44. The first-order chi connectivity index (χ1) is 29.1. The fourth-order valence-corrected chi connectivity index (χ4v) is 11.7. The Morgan fingerprint density at radius 2 is 0.814 bits per heavy atom. The van der Waals surface area contributed by atoms with Gasteiger partial charge in [-0.1, -0.05) is 121 Å². The molecular formula is C56H37NS2. The van der Waals surface area contributed by atoms with Gasteiger partial charge < -0.3 is 4.57 Å². The van der Waals surface area contributed by atoms with Crippen molar-refractivity contribution in [3.05, 3.63) is 199 Å². The largest absolute Gasteiger partial charge is 0.309 e. The Kier molecular flexibility index (Phi) is 7.78. The third-order valence-electron chi connectivity index (χ3n) is 12.2. The second kappa shape index (κ2) is 13.4. The number of aryl methyl sites for hydroxylation is 2. The fraction of sp³-hybridized carbons (Fsp3) is 0.0357. The van der Waals surface area contributed by atoms with Crippen LogP contribution in [0.1, 0.15) is 11.1 Å². The number of rotatable bonds is 5. The molecule has 1 nitrogen and oxygen atoms in total. The molecule has 0 fully saturated rings. The van der Waals surface area contributed by atoms with Gasteiger partial charge in [-0.05, 0) is 131 Å². The number of aromatic nitrogens is 1. The molecule has 0 saturated carbocycles. The molecular weight excluding hydrogens is 751 g/mol. The molecule has 0 unspecified atom stereocenters. The lowest BCUT2D eigenvalue weighted by Gasteiger charge is -2.15. The Morgan fingerprint density at radius 1 is 0.339 bits per heavy atom. The molecule has 0 spiro atoms. The highest BCUT2D eigenvalue weighted by Gasteiger charge is 2.20. The van der Waals surface area contributed by atoms with Crippen molar-refractivity contribution in [3.63, 3.8) is 0 Å². The summed E-state index contributed by atoms with van der Waals surface area (Å²) in [5, 5.41) is 7.78. The van der Waals surface area contributed by atoms with E-state index < -0.39 is 0 Å². The third kappa shape index (κ3) is 5.50. The summed E-state index contributed by atoms with van der Waals surface area (Å²) in [6.07, 6.45) is 0. The topological polar surface area (TPSA) is 4.93 Å². The molecule has 0 bridgehead atoms. The first kappa shape index (κ1) is 34.3. The maximum atomic E-state index is 2.47. The molecule has 0 aliphatic heterocycles. The molecule has 9 aromatic carbocycles. The summed E-state index contributed by atoms with van der Waals surface area (Å²) < 4.78 is 7.74. The maximum absolute atomic E-state index is 2.47. The van der Waals surface area contributed by atoms with E-state index in [-0.39, 0.29) is 0 Å². The molecule has 0 radical (unpaired) electrons. The predicted octanol–water partition coefficient (Wildman–Crippen LogP) is 16.8. The van der Waals surface area contributed by atoms with Crippen LogP contribution in [0, 0.1) is 13.8 Å². The lowest BCUT2D eigenvalue weighted by Crippen LogP contribution is -1.96. The molecule has 3 heteroatoms. The summed E-state index contributed by atoms with van der Waals surface area (Å²) in [5.74, 6) is 0. The smallest absolute Gasteiger partial charge is 0.0541 e. The Morgan fingerprint density at radius 3 is 1.42 bits per heavy atom. The number of benzene rings is 9. The number of thiophene rings is 2. The van der Waals surface area contributed by atoms with Gasteiger partial charge in [-0.3, -0.25) is 0 Å². The first-order valence-electron chi connectivity index (χ1n) is 20.2. The van der Waals surface area contributed by atoms with Gasteiger partial charge in [0.05, 0.1) is 11.0 Å². The minimum absolute atomic E-state index is 1.19. The van der Waals surface area contributed by atoms with E-state index in [0.717, 1.165) is 0 Å². The minimum Gasteiger partial charge on any atom is -0.309 e. The number of para-hydroxylation sites is 2. The van der Waals surface area contributed by atoms with Gasteiger partial charge in [-0.15, -0.1) is 22.7 Å². The number of fused-ring (bicyclic) bond motifs is 9. The molecule has 278 valence electrons. The van der Waals surface area contributed by atoms with Gasteiger partial charge in [0, 0.05) is 62.4 Å². The summed E-state index contributed by atoms with van der Waals surface area (Å²) in [7, 11) is 0. The normalized spacial score (nSPS) is 11.9. The molecule has 0 saturated heterocycles. The van der Waals surface area contributed by atoms with Crippen molar-refractivity contribution in [2.45, 2.75) is 13.8 Å². The van der Waals surface area contributed by atoms with E-state index in [9.17, 15) is 0 Å². The van der Waals surface area contributed by atoms with Crippen LogP contribution in [0.4, 0.5) is 0 Å². The molecule has 59 heavy (non-hydrogen) atoms. The molecule has 3 aromatic heterocycles. The molecule has 12 rings (SSSR count). The first-order valence-corrected chi connectivity index (χ1v) is 21.9. The van der Waals surface area contributed by atoms with Crippen LogP contribution in [0.5, 0.6) is 0 Å². The molecule has 0 aliphatic rings. The van der Waals surface area contributed by atoms with Crippen molar-refractivity contribution >= 4 is 84.8 Å². The van der Waals surface area contributed by atoms with Crippen molar-refractivity contribution in [2.75, 3.05) is 0 Å². The van der Waals surface area contributed by atoms with E-state index in [1.54, 1.807) is 0 Å². The van der Waals surface area contributed by atoms with E-state index in [0.29, 0.717) is 0 Å². The third-order valence-corrected chi connectivity index (χ3v) is 14.6. The molecule has 0 aliphatic carbocycles. The number of nitrogens with zero attached hydrogens (tertiary/aromatic N) is 1. The summed E-state index contributed by atoms with van der Waals surface area (Å²) in [5.41, 5.74) is 16.3. The molecule has 0 amide bonds. The lowest BCUT2D eigenvalue weighted by atomic mass is 9.93. The van der Waals surface area contributed by atoms with Gasteiger partial charge in [-0.2, -0.15) is 0 Å². The standard InChI is InChI=1S/C56H37NS2/c1-34-12-10-13-35(2)55(34)49-33-42(57-50-20-8-6-18-43(50)44-19-7-9-21-51(44)57)32-48-47-31-41(24-27-54(47)59-56(48)49)38-17-11-16-37(28-38)40-23-26-53-46(30-40)45-29-39(22-25-52(45)58-53)36-14-4-3-5-15-36/h3-33H,1-2H3. The maximum Gasteiger partial charge on any atom is 0.0541 e. The van der Waals surface area contributed by atoms with Crippen molar-refractivity contribution in [1.82, 2.24) is 4.57 Å². The number of hydrogen-bond donors (Lipinski definition) is 0. The van der Waals surface area contributed by atoms with E-state index >= 15 is 0 Å². The lowest BCUT2D eigenvalue weighted by molar-refractivity contribution is 1.19. The highest BCUT2D eigenvalue weighted by molar-refractivity contribution is 7.26. The van der Waals surface area contributed by atoms with E-state index in [4.69, 9.17) is 0 Å². The zero-order valence-electron chi connectivity index (χ0n) is 32.7. The van der Waals surface area contributed by atoms with Crippen LogP contribution in [0.15, 0.2) is 188 Å². The number of hydrogen-bond acceptors (Lipinski definition) is 2. The van der Waals surface area contributed by atoms with Crippen LogP contribution < -0.4 is 0 Å². The second-order valence-electron chi connectivity index (χ2n) is 15.8. The van der Waals surface area contributed by atoms with Crippen LogP contribution in [0.25, 0.3) is 112 Å². The van der Waals surface area contributed by atoms with Gasteiger partial charge in [0.1, 0.15) is 0 Å². The molecule has 3 heterocycles. The highest BCUT2D eigenvalue weighted by atomic mass is 32.1. The van der Waals surface area contributed by atoms with Crippen molar-refractivity contribution in [2.24, 2.45) is 0 Å². The quantitative estimate of drug-likeness (QED) is 0.164. The van der Waals surface area contributed by atoms with Gasteiger partial charge >= 0.3 is 0 Å². The minimum atomic E-state index is 1.19. The van der Waals surface area contributed by atoms with Crippen molar-refractivity contribution < 1.29 is 0 Å². The van der Waals surface area contributed by atoms with E-state index in [2.05, 4.69) is 206 Å². The van der Waals surface area contributed by atoms with E-state index in [1.165, 1.54) is 123 Å². The molecule has 0 atom stereocenters. The predicted molar refractivity (Wildman–Crippen MR) is 258 cm³/mol. The molecule has 12 aromatic rings. The molecule has 0 N–H and O–H groups in total. The SMILES string of the molecule is Cc1cccc(C)c1-c1cc(-n2c3ccccc3c3ccccc32)cc2c1sc1ccc(-c3cccc(-c4ccc5sc6ccc(-c7ccccc7)cc6c5c4)c3)cc12. The monoisotopic (exact) mass is 787 g/mol. The zero-order valence-corrected chi connectivity index (χ0v) is 34.3. The summed E-state index contributed by atoms with van der Waals surface area (Å²) in [4.78, 5) is 0. The highest BCUT2D eigenvalue weighted by Crippen LogP contribution is 2.46. The summed E-state index contributed by atoms with van der Waals surface area (Å²) in [6.45, 7) is 4.50. The summed E-state index contributed by atoms with van der Waals surface area (Å²) in [6, 6.07) is 69.9. The van der Waals surface area contributed by atoms with Crippen LogP contribution >= 0.6 is 22.7 Å². The van der Waals surface area contributed by atoms with Crippen LogP contribution in [0.2, 0.25) is 0 Å². The van der Waals surface area contributed by atoms with Gasteiger partial charge in [-0.25, -0.2) is 0 Å². The Hall–Kier alpha value is -6.78. The van der Waals surface area contributed by atoms with Crippen molar-refractivity contribution in [1.29, 1.82) is 0 Å². The van der Waals surface area contributed by atoms with Crippen LogP contribution in [0.3, 0.4) is 0 Å². The summed E-state index contributed by atoms with van der Waals surface area (Å²) >= 11 is 3.79. The zero-order chi connectivity index (χ0) is 39.2. The Labute approximate surface area is 350 Å². The average Bonchev–Trinajstić information content (AvgIpc) is 3.95. The van der Waals surface area contributed by atoms with Crippen molar-refractivity contribution in [3.8, 4) is 50.2 Å². The van der Waals surface area contributed by atoms with Crippen LogP contribution in [-0.2, 0) is 0 Å². The average molecular weight is 788 g/mol. The Bertz CT molecular complexity index is 3560. The second-order valence-corrected chi connectivity index (χ2v) is 17.9. The Balaban J connectivity index is 1.02. The van der Waals surface area contributed by atoms with Gasteiger partial charge in [0.2, 0.25) is 0 Å².